The number of carbonyl (C=O) groups is 1. The summed E-state index contributed by atoms with van der Waals surface area (Å²) < 4.78 is 27.1. The Morgan fingerprint density at radius 3 is 2.08 bits per heavy atom. The molecule has 2 saturated heterocycles. The molecule has 2 aliphatic heterocycles. The molecule has 0 saturated carbocycles. The first-order valence-electron chi connectivity index (χ1n) is 9.63. The van der Waals surface area contributed by atoms with E-state index in [-0.39, 0.29) is 11.8 Å². The molecule has 3 rings (SSSR count). The number of sulfonamides is 1. The monoisotopic (exact) mass is 378 g/mol. The van der Waals surface area contributed by atoms with Crippen LogP contribution in [-0.2, 0) is 14.8 Å². The smallest absolute Gasteiger partial charge is 0.243 e. The molecule has 1 aromatic rings. The highest BCUT2D eigenvalue weighted by atomic mass is 32.2. The van der Waals surface area contributed by atoms with Gasteiger partial charge in [0.1, 0.15) is 0 Å². The summed E-state index contributed by atoms with van der Waals surface area (Å²) in [6.07, 6.45) is 2.41. The topological polar surface area (TPSA) is 57.7 Å². The second kappa shape index (κ2) is 7.69. The summed E-state index contributed by atoms with van der Waals surface area (Å²) in [7, 11) is -3.46. The Morgan fingerprint density at radius 1 is 1.00 bits per heavy atom. The van der Waals surface area contributed by atoms with Crippen LogP contribution >= 0.6 is 0 Å². The molecular weight excluding hydrogens is 348 g/mol. The third-order valence-electron chi connectivity index (χ3n) is 5.64. The van der Waals surface area contributed by atoms with E-state index in [2.05, 4.69) is 13.8 Å². The van der Waals surface area contributed by atoms with Crippen LogP contribution < -0.4 is 0 Å². The SMILES string of the molecule is Cc1ccc(S(=O)(=O)N2CCC(C(=O)N3C[C@@H](C)C[C@H](C)C3)CC2)cc1. The number of piperidine rings is 2. The fourth-order valence-electron chi connectivity index (χ4n) is 4.30. The van der Waals surface area contributed by atoms with Gasteiger partial charge in [-0.15, -0.1) is 0 Å². The van der Waals surface area contributed by atoms with E-state index >= 15 is 0 Å². The van der Waals surface area contributed by atoms with Gasteiger partial charge in [-0.05, 0) is 50.2 Å². The Bertz CT molecular complexity index is 727. The summed E-state index contributed by atoms with van der Waals surface area (Å²) in [5.74, 6) is 1.27. The van der Waals surface area contributed by atoms with Crippen LogP contribution in [0, 0.1) is 24.7 Å². The molecule has 1 aromatic carbocycles. The maximum Gasteiger partial charge on any atom is 0.243 e. The summed E-state index contributed by atoms with van der Waals surface area (Å²) >= 11 is 0. The highest BCUT2D eigenvalue weighted by Crippen LogP contribution is 2.28. The number of aryl methyl sites for hydroxylation is 1. The van der Waals surface area contributed by atoms with E-state index in [0.29, 0.717) is 42.7 Å². The van der Waals surface area contributed by atoms with Crippen LogP contribution in [0.2, 0.25) is 0 Å². The quantitative estimate of drug-likeness (QED) is 0.813. The molecule has 0 unspecified atom stereocenters. The van der Waals surface area contributed by atoms with Gasteiger partial charge in [0.05, 0.1) is 4.90 Å². The number of amides is 1. The first-order valence-corrected chi connectivity index (χ1v) is 11.1. The zero-order valence-corrected chi connectivity index (χ0v) is 16.8. The minimum Gasteiger partial charge on any atom is -0.342 e. The van der Waals surface area contributed by atoms with Gasteiger partial charge in [-0.1, -0.05) is 31.5 Å². The molecule has 2 atom stereocenters. The fourth-order valence-corrected chi connectivity index (χ4v) is 5.77. The summed E-state index contributed by atoms with van der Waals surface area (Å²) in [6, 6.07) is 6.97. The van der Waals surface area contributed by atoms with E-state index in [1.807, 2.05) is 24.0 Å². The maximum atomic E-state index is 12.9. The van der Waals surface area contributed by atoms with Gasteiger partial charge in [-0.3, -0.25) is 4.79 Å². The molecule has 0 radical (unpaired) electrons. The first-order chi connectivity index (χ1) is 12.3. The van der Waals surface area contributed by atoms with Crippen molar-refractivity contribution in [1.82, 2.24) is 9.21 Å². The maximum absolute atomic E-state index is 12.9. The number of nitrogens with zero attached hydrogens (tertiary/aromatic N) is 2. The molecule has 2 fully saturated rings. The predicted octanol–water partition coefficient (Wildman–Crippen LogP) is 2.90. The van der Waals surface area contributed by atoms with Gasteiger partial charge in [0.25, 0.3) is 0 Å². The van der Waals surface area contributed by atoms with Gasteiger partial charge >= 0.3 is 0 Å². The van der Waals surface area contributed by atoms with E-state index in [1.54, 1.807) is 12.1 Å². The highest BCUT2D eigenvalue weighted by molar-refractivity contribution is 7.89. The lowest BCUT2D eigenvalue weighted by Crippen LogP contribution is -2.48. The number of carbonyl (C=O) groups excluding carboxylic acids is 1. The molecule has 1 amide bonds. The van der Waals surface area contributed by atoms with E-state index in [0.717, 1.165) is 18.7 Å². The predicted molar refractivity (Wildman–Crippen MR) is 102 cm³/mol. The third kappa shape index (κ3) is 4.12. The first kappa shape index (κ1) is 19.4. The molecule has 0 spiro atoms. The molecule has 2 aliphatic rings. The molecular formula is C20H30N2O3S. The van der Waals surface area contributed by atoms with Crippen LogP contribution in [0.3, 0.4) is 0 Å². The standard InChI is InChI=1S/C20H30N2O3S/c1-15-4-6-19(7-5-15)26(24,25)22-10-8-18(9-11-22)20(23)21-13-16(2)12-17(3)14-21/h4-7,16-18H,8-14H2,1-3H3/t16-,17-/m0/s1. The minimum atomic E-state index is -3.46. The van der Waals surface area contributed by atoms with Crippen molar-refractivity contribution in [2.45, 2.75) is 44.9 Å². The van der Waals surface area contributed by atoms with Crippen molar-refractivity contribution in [3.8, 4) is 0 Å². The van der Waals surface area contributed by atoms with E-state index in [9.17, 15) is 13.2 Å². The largest absolute Gasteiger partial charge is 0.342 e. The zero-order chi connectivity index (χ0) is 18.9. The van der Waals surface area contributed by atoms with E-state index in [1.165, 1.54) is 10.7 Å². The number of hydrogen-bond donors (Lipinski definition) is 0. The Kier molecular flexibility index (Phi) is 5.72. The Balaban J connectivity index is 1.62. The van der Waals surface area contributed by atoms with Crippen LogP contribution in [0.25, 0.3) is 0 Å². The van der Waals surface area contributed by atoms with Gasteiger partial charge in [0, 0.05) is 32.1 Å². The van der Waals surface area contributed by atoms with E-state index < -0.39 is 10.0 Å². The normalized spacial score (nSPS) is 26.0. The second-order valence-corrected chi connectivity index (χ2v) is 10.1. The fraction of sp³-hybridized carbons (Fsp3) is 0.650. The molecule has 5 nitrogen and oxygen atoms in total. The van der Waals surface area contributed by atoms with Crippen LogP contribution in [0.1, 0.15) is 38.7 Å². The van der Waals surface area contributed by atoms with Crippen LogP contribution in [0.4, 0.5) is 0 Å². The van der Waals surface area contributed by atoms with Crippen molar-refractivity contribution < 1.29 is 13.2 Å². The molecule has 0 N–H and O–H groups in total. The lowest BCUT2D eigenvalue weighted by atomic mass is 9.89. The molecule has 0 aliphatic carbocycles. The van der Waals surface area contributed by atoms with Crippen molar-refractivity contribution in [3.05, 3.63) is 29.8 Å². The summed E-state index contributed by atoms with van der Waals surface area (Å²) in [5.41, 5.74) is 1.04. The van der Waals surface area contributed by atoms with Crippen LogP contribution in [0.5, 0.6) is 0 Å². The number of rotatable bonds is 3. The van der Waals surface area contributed by atoms with Crippen molar-refractivity contribution >= 4 is 15.9 Å². The lowest BCUT2D eigenvalue weighted by molar-refractivity contribution is -0.139. The Labute approximate surface area is 157 Å². The van der Waals surface area contributed by atoms with Crippen molar-refractivity contribution in [1.29, 1.82) is 0 Å². The average Bonchev–Trinajstić information content (AvgIpc) is 2.61. The Morgan fingerprint density at radius 2 is 1.54 bits per heavy atom. The molecule has 0 bridgehead atoms. The number of benzene rings is 1. The molecule has 2 heterocycles. The summed E-state index contributed by atoms with van der Waals surface area (Å²) in [5, 5.41) is 0. The van der Waals surface area contributed by atoms with Crippen molar-refractivity contribution in [2.75, 3.05) is 26.2 Å². The van der Waals surface area contributed by atoms with Gasteiger partial charge in [-0.25, -0.2) is 8.42 Å². The van der Waals surface area contributed by atoms with Crippen molar-refractivity contribution in [3.63, 3.8) is 0 Å². The van der Waals surface area contributed by atoms with Gasteiger partial charge in [0.15, 0.2) is 0 Å². The second-order valence-electron chi connectivity index (χ2n) is 8.18. The molecule has 144 valence electrons. The van der Waals surface area contributed by atoms with Gasteiger partial charge < -0.3 is 4.90 Å². The lowest BCUT2D eigenvalue weighted by Gasteiger charge is -2.39. The zero-order valence-electron chi connectivity index (χ0n) is 16.0. The Hall–Kier alpha value is -1.40. The number of hydrogen-bond acceptors (Lipinski definition) is 3. The third-order valence-corrected chi connectivity index (χ3v) is 7.56. The minimum absolute atomic E-state index is 0.0445. The molecule has 6 heteroatoms. The van der Waals surface area contributed by atoms with Gasteiger partial charge in [-0.2, -0.15) is 4.31 Å². The van der Waals surface area contributed by atoms with Gasteiger partial charge in [0.2, 0.25) is 15.9 Å². The molecule has 0 aromatic heterocycles. The van der Waals surface area contributed by atoms with E-state index in [4.69, 9.17) is 0 Å². The number of likely N-dealkylation sites (tertiary alicyclic amines) is 1. The summed E-state index contributed by atoms with van der Waals surface area (Å²) in [4.78, 5) is 15.2. The van der Waals surface area contributed by atoms with Crippen molar-refractivity contribution in [2.24, 2.45) is 17.8 Å². The van der Waals surface area contributed by atoms with Crippen LogP contribution in [0.15, 0.2) is 29.2 Å². The van der Waals surface area contributed by atoms with Crippen LogP contribution in [-0.4, -0.2) is 49.7 Å². The average molecular weight is 379 g/mol. The highest BCUT2D eigenvalue weighted by Gasteiger charge is 2.35. The summed E-state index contributed by atoms with van der Waals surface area (Å²) in [6.45, 7) is 8.86. The molecule has 26 heavy (non-hydrogen) atoms.